The highest BCUT2D eigenvalue weighted by Crippen LogP contribution is 2.17. The van der Waals surface area contributed by atoms with Crippen molar-refractivity contribution in [3.8, 4) is 0 Å². The average Bonchev–Trinajstić information content (AvgIpc) is 2.76. The van der Waals surface area contributed by atoms with Crippen LogP contribution in [0.3, 0.4) is 0 Å². The predicted octanol–water partition coefficient (Wildman–Crippen LogP) is 3.11. The summed E-state index contributed by atoms with van der Waals surface area (Å²) in [7, 11) is 0. The summed E-state index contributed by atoms with van der Waals surface area (Å²) in [5, 5.41) is 12.6. The monoisotopic (exact) mass is 271 g/mol. The van der Waals surface area contributed by atoms with Crippen LogP contribution in [0.4, 0.5) is 5.13 Å². The molecule has 0 spiro atoms. The largest absolute Gasteiger partial charge is 0.481 e. The third-order valence-corrected chi connectivity index (χ3v) is 3.24. The first-order chi connectivity index (χ1) is 8.59. The Kier molecular flexibility index (Phi) is 6.64. The normalized spacial score (nSPS) is 10.8. The second-order valence-electron chi connectivity index (χ2n) is 4.60. The second-order valence-corrected chi connectivity index (χ2v) is 5.35. The van der Waals surface area contributed by atoms with Crippen LogP contribution in [0.15, 0.2) is 0 Å². The molecule has 102 valence electrons. The standard InChI is InChI=1S/C12H21N3O2S/c1-9(2)11-14-12(18-15-11)13-8-6-4-3-5-7-10(16)17/h9H,3-8H2,1-2H3,(H,16,17)(H,13,14,15). The fourth-order valence-electron chi connectivity index (χ4n) is 1.49. The third-order valence-electron chi connectivity index (χ3n) is 2.55. The van der Waals surface area contributed by atoms with Gasteiger partial charge in [0.25, 0.3) is 0 Å². The van der Waals surface area contributed by atoms with Crippen LogP contribution in [0, 0.1) is 0 Å². The summed E-state index contributed by atoms with van der Waals surface area (Å²) in [4.78, 5) is 14.7. The second kappa shape index (κ2) is 8.02. The highest BCUT2D eigenvalue weighted by molar-refractivity contribution is 7.09. The Balaban J connectivity index is 2.05. The van der Waals surface area contributed by atoms with Crippen molar-refractivity contribution in [3.05, 3.63) is 5.82 Å². The lowest BCUT2D eigenvalue weighted by molar-refractivity contribution is -0.137. The van der Waals surface area contributed by atoms with E-state index in [4.69, 9.17) is 5.11 Å². The van der Waals surface area contributed by atoms with Crippen molar-refractivity contribution in [2.75, 3.05) is 11.9 Å². The summed E-state index contributed by atoms with van der Waals surface area (Å²) in [6.07, 6.45) is 4.11. The number of aromatic nitrogens is 2. The number of hydrogen-bond acceptors (Lipinski definition) is 5. The van der Waals surface area contributed by atoms with Gasteiger partial charge in [0, 0.05) is 30.4 Å². The van der Waals surface area contributed by atoms with Crippen LogP contribution in [0.5, 0.6) is 0 Å². The molecule has 0 saturated heterocycles. The maximum Gasteiger partial charge on any atom is 0.303 e. The molecule has 0 aromatic carbocycles. The van der Waals surface area contributed by atoms with E-state index in [0.717, 1.165) is 43.2 Å². The van der Waals surface area contributed by atoms with Gasteiger partial charge in [-0.2, -0.15) is 4.37 Å². The first-order valence-electron chi connectivity index (χ1n) is 6.39. The molecule has 1 aromatic heterocycles. The summed E-state index contributed by atoms with van der Waals surface area (Å²) in [5.74, 6) is 0.556. The van der Waals surface area contributed by atoms with Crippen LogP contribution in [0.25, 0.3) is 0 Å². The van der Waals surface area contributed by atoms with E-state index >= 15 is 0 Å². The smallest absolute Gasteiger partial charge is 0.303 e. The Morgan fingerprint density at radius 1 is 1.33 bits per heavy atom. The van der Waals surface area contributed by atoms with Gasteiger partial charge in [-0.05, 0) is 12.8 Å². The van der Waals surface area contributed by atoms with Crippen LogP contribution in [0.1, 0.15) is 57.7 Å². The van der Waals surface area contributed by atoms with E-state index in [0.29, 0.717) is 5.92 Å². The molecular weight excluding hydrogens is 250 g/mol. The van der Waals surface area contributed by atoms with Crippen LogP contribution in [-0.4, -0.2) is 27.0 Å². The van der Waals surface area contributed by atoms with Crippen LogP contribution < -0.4 is 5.32 Å². The van der Waals surface area contributed by atoms with E-state index in [-0.39, 0.29) is 6.42 Å². The summed E-state index contributed by atoms with van der Waals surface area (Å²) < 4.78 is 4.27. The van der Waals surface area contributed by atoms with Gasteiger partial charge < -0.3 is 10.4 Å². The number of carboxylic acid groups (broad SMARTS) is 1. The molecule has 0 fully saturated rings. The molecule has 0 unspecified atom stereocenters. The van der Waals surface area contributed by atoms with Gasteiger partial charge >= 0.3 is 5.97 Å². The Bertz CT molecular complexity index is 366. The van der Waals surface area contributed by atoms with E-state index in [9.17, 15) is 4.79 Å². The van der Waals surface area contributed by atoms with Crippen molar-refractivity contribution >= 4 is 22.6 Å². The number of anilines is 1. The maximum atomic E-state index is 10.3. The quantitative estimate of drug-likeness (QED) is 0.675. The highest BCUT2D eigenvalue weighted by atomic mass is 32.1. The number of aliphatic carboxylic acids is 1. The predicted molar refractivity (Wildman–Crippen MR) is 73.2 cm³/mol. The zero-order chi connectivity index (χ0) is 13.4. The summed E-state index contributed by atoms with van der Waals surface area (Å²) in [6.45, 7) is 5.03. The molecule has 0 atom stereocenters. The molecule has 1 heterocycles. The Morgan fingerprint density at radius 2 is 2.06 bits per heavy atom. The van der Waals surface area contributed by atoms with E-state index in [1.807, 2.05) is 0 Å². The Morgan fingerprint density at radius 3 is 2.67 bits per heavy atom. The maximum absolute atomic E-state index is 10.3. The summed E-state index contributed by atoms with van der Waals surface area (Å²) in [5.41, 5.74) is 0. The molecule has 0 aliphatic carbocycles. The lowest BCUT2D eigenvalue weighted by atomic mass is 10.1. The first kappa shape index (κ1) is 14.9. The minimum absolute atomic E-state index is 0.279. The lowest BCUT2D eigenvalue weighted by Gasteiger charge is -2.01. The zero-order valence-electron chi connectivity index (χ0n) is 11.0. The average molecular weight is 271 g/mol. The molecule has 6 heteroatoms. The van der Waals surface area contributed by atoms with Gasteiger partial charge in [0.05, 0.1) is 0 Å². The third kappa shape index (κ3) is 5.95. The van der Waals surface area contributed by atoms with Crippen molar-refractivity contribution in [2.24, 2.45) is 0 Å². The van der Waals surface area contributed by atoms with Crippen LogP contribution in [0.2, 0.25) is 0 Å². The van der Waals surface area contributed by atoms with E-state index in [2.05, 4.69) is 28.5 Å². The topological polar surface area (TPSA) is 75.1 Å². The molecule has 0 aliphatic heterocycles. The van der Waals surface area contributed by atoms with Crippen LogP contribution in [-0.2, 0) is 4.79 Å². The van der Waals surface area contributed by atoms with Gasteiger partial charge in [-0.1, -0.05) is 26.7 Å². The van der Waals surface area contributed by atoms with Crippen molar-refractivity contribution in [2.45, 2.75) is 51.9 Å². The van der Waals surface area contributed by atoms with Crippen LogP contribution >= 0.6 is 11.5 Å². The molecule has 0 radical (unpaired) electrons. The fourth-order valence-corrected chi connectivity index (χ4v) is 2.22. The highest BCUT2D eigenvalue weighted by Gasteiger charge is 2.06. The van der Waals surface area contributed by atoms with Gasteiger partial charge in [-0.3, -0.25) is 4.79 Å². The molecule has 18 heavy (non-hydrogen) atoms. The van der Waals surface area contributed by atoms with Gasteiger partial charge in [0.1, 0.15) is 5.82 Å². The molecule has 2 N–H and O–H groups in total. The number of nitrogens with zero attached hydrogens (tertiary/aromatic N) is 2. The van der Waals surface area contributed by atoms with Gasteiger partial charge in [0.2, 0.25) is 5.13 Å². The van der Waals surface area contributed by atoms with Crippen molar-refractivity contribution in [1.82, 2.24) is 9.36 Å². The number of carbonyl (C=O) groups is 1. The molecule has 5 nitrogen and oxygen atoms in total. The molecule has 1 aromatic rings. The van der Waals surface area contributed by atoms with Gasteiger partial charge in [-0.15, -0.1) is 0 Å². The molecule has 0 aliphatic rings. The SMILES string of the molecule is CC(C)c1nsc(NCCCCCCC(=O)O)n1. The van der Waals surface area contributed by atoms with E-state index in [1.165, 1.54) is 11.5 Å². The molecular formula is C12H21N3O2S. The lowest BCUT2D eigenvalue weighted by Crippen LogP contribution is -2.01. The number of unbranched alkanes of at least 4 members (excludes halogenated alkanes) is 3. The van der Waals surface area contributed by atoms with E-state index in [1.54, 1.807) is 0 Å². The number of hydrogen-bond donors (Lipinski definition) is 2. The zero-order valence-corrected chi connectivity index (χ0v) is 11.8. The van der Waals surface area contributed by atoms with Crippen molar-refractivity contribution in [3.63, 3.8) is 0 Å². The van der Waals surface area contributed by atoms with Gasteiger partial charge in [-0.25, -0.2) is 4.98 Å². The molecule has 0 bridgehead atoms. The van der Waals surface area contributed by atoms with Crippen molar-refractivity contribution < 1.29 is 9.90 Å². The minimum atomic E-state index is -0.705. The first-order valence-corrected chi connectivity index (χ1v) is 7.16. The summed E-state index contributed by atoms with van der Waals surface area (Å²) in [6, 6.07) is 0. The minimum Gasteiger partial charge on any atom is -0.481 e. The number of carboxylic acids is 1. The number of nitrogens with one attached hydrogen (secondary N) is 1. The number of rotatable bonds is 9. The fraction of sp³-hybridized carbons (Fsp3) is 0.750. The summed E-state index contributed by atoms with van der Waals surface area (Å²) >= 11 is 1.40. The molecule has 0 amide bonds. The molecule has 1 rings (SSSR count). The van der Waals surface area contributed by atoms with Gasteiger partial charge in [0.15, 0.2) is 0 Å². The Hall–Kier alpha value is -1.17. The molecule has 0 saturated carbocycles. The van der Waals surface area contributed by atoms with Crippen molar-refractivity contribution in [1.29, 1.82) is 0 Å². The Labute approximate surface area is 112 Å². The van der Waals surface area contributed by atoms with E-state index < -0.39 is 5.97 Å².